The molecular formula is C37H43F2N3O3. The molecule has 0 bridgehead atoms. The third kappa shape index (κ3) is 7.35. The molecule has 0 N–H and O–H groups in total. The van der Waals surface area contributed by atoms with E-state index in [-0.39, 0.29) is 23.1 Å². The van der Waals surface area contributed by atoms with Gasteiger partial charge in [0.2, 0.25) is 0 Å². The summed E-state index contributed by atoms with van der Waals surface area (Å²) in [7, 11) is 4.07. The fraction of sp³-hybridized carbons (Fsp3) is 0.378. The molecule has 0 aliphatic heterocycles. The van der Waals surface area contributed by atoms with Gasteiger partial charge in [0.1, 0.15) is 5.58 Å². The molecule has 238 valence electrons. The molecule has 2 heterocycles. The number of hydrogen-bond donors (Lipinski definition) is 0. The Kier molecular flexibility index (Phi) is 9.58. The molecule has 1 unspecified atom stereocenters. The van der Waals surface area contributed by atoms with Crippen molar-refractivity contribution in [1.82, 2.24) is 14.4 Å². The van der Waals surface area contributed by atoms with Crippen LogP contribution in [0.2, 0.25) is 0 Å². The predicted molar refractivity (Wildman–Crippen MR) is 177 cm³/mol. The van der Waals surface area contributed by atoms with Gasteiger partial charge in [0.25, 0.3) is 5.92 Å². The zero-order chi connectivity index (χ0) is 32.5. The largest absolute Gasteiger partial charge is 0.464 e. The standard InChI is InChI=1S/C37H43F2N3O3/c1-24(2)44-23-31(21-40(6)18-28-22-45-35-16-26(4)25(3)15-33(35)36(28)43)41(7)19-27-20-42(34-14-9-8-13-32(27)34)30-12-10-11-29(17-30)37(5,38)39/h8-17,20,22,24,31H,18-19,21,23H2,1-7H3. The van der Waals surface area contributed by atoms with Crippen molar-refractivity contribution in [3.63, 3.8) is 0 Å². The second-order valence-electron chi connectivity index (χ2n) is 12.7. The van der Waals surface area contributed by atoms with Crippen LogP contribution in [-0.2, 0) is 23.7 Å². The maximum absolute atomic E-state index is 14.2. The molecule has 1 atom stereocenters. The Bertz CT molecular complexity index is 1850. The molecule has 6 nitrogen and oxygen atoms in total. The quantitative estimate of drug-likeness (QED) is 0.143. The summed E-state index contributed by atoms with van der Waals surface area (Å²) in [6.45, 7) is 11.2. The number of nitrogens with zero attached hydrogens (tertiary/aromatic N) is 3. The number of halogens is 2. The second-order valence-corrected chi connectivity index (χ2v) is 12.7. The lowest BCUT2D eigenvalue weighted by Gasteiger charge is -2.32. The molecule has 5 aromatic rings. The van der Waals surface area contributed by atoms with Crippen LogP contribution in [0.25, 0.3) is 27.6 Å². The summed E-state index contributed by atoms with van der Waals surface area (Å²) in [6.07, 6.45) is 3.69. The zero-order valence-corrected chi connectivity index (χ0v) is 27.2. The minimum atomic E-state index is -2.93. The van der Waals surface area contributed by atoms with Crippen molar-refractivity contribution in [2.24, 2.45) is 0 Å². The lowest BCUT2D eigenvalue weighted by molar-refractivity contribution is 0.0174. The van der Waals surface area contributed by atoms with Gasteiger partial charge < -0.3 is 18.6 Å². The minimum absolute atomic E-state index is 0.00718. The Balaban J connectivity index is 1.39. The first-order valence-corrected chi connectivity index (χ1v) is 15.4. The molecule has 0 fully saturated rings. The van der Waals surface area contributed by atoms with Gasteiger partial charge >= 0.3 is 0 Å². The molecule has 0 saturated heterocycles. The summed E-state index contributed by atoms with van der Waals surface area (Å²) < 4.78 is 42.3. The third-order valence-electron chi connectivity index (χ3n) is 8.51. The van der Waals surface area contributed by atoms with Crippen LogP contribution in [0.3, 0.4) is 0 Å². The van der Waals surface area contributed by atoms with Crippen molar-refractivity contribution >= 4 is 21.9 Å². The monoisotopic (exact) mass is 615 g/mol. The third-order valence-corrected chi connectivity index (χ3v) is 8.51. The number of aryl methyl sites for hydroxylation is 2. The van der Waals surface area contributed by atoms with E-state index < -0.39 is 5.92 Å². The summed E-state index contributed by atoms with van der Waals surface area (Å²) in [5.74, 6) is -2.93. The number of rotatable bonds is 12. The highest BCUT2D eigenvalue weighted by molar-refractivity contribution is 5.85. The fourth-order valence-corrected chi connectivity index (χ4v) is 5.79. The van der Waals surface area contributed by atoms with Gasteiger partial charge in [-0.1, -0.05) is 30.3 Å². The van der Waals surface area contributed by atoms with Crippen LogP contribution in [0.4, 0.5) is 8.78 Å². The van der Waals surface area contributed by atoms with Crippen molar-refractivity contribution < 1.29 is 17.9 Å². The summed E-state index contributed by atoms with van der Waals surface area (Å²) in [5.41, 5.74) is 6.07. The van der Waals surface area contributed by atoms with Crippen molar-refractivity contribution in [3.8, 4) is 5.69 Å². The van der Waals surface area contributed by atoms with E-state index in [4.69, 9.17) is 9.15 Å². The first kappa shape index (κ1) is 32.5. The maximum Gasteiger partial charge on any atom is 0.270 e. The highest BCUT2D eigenvalue weighted by Crippen LogP contribution is 2.31. The number of fused-ring (bicyclic) bond motifs is 2. The fourth-order valence-electron chi connectivity index (χ4n) is 5.79. The van der Waals surface area contributed by atoms with Crippen molar-refractivity contribution in [2.45, 2.75) is 65.8 Å². The first-order valence-electron chi connectivity index (χ1n) is 15.4. The molecule has 8 heteroatoms. The number of aromatic nitrogens is 1. The average molecular weight is 616 g/mol. The molecule has 5 rings (SSSR count). The molecular weight excluding hydrogens is 572 g/mol. The van der Waals surface area contributed by atoms with Crippen molar-refractivity contribution in [2.75, 3.05) is 27.2 Å². The van der Waals surface area contributed by atoms with Gasteiger partial charge in [-0.05, 0) is 88.8 Å². The summed E-state index contributed by atoms with van der Waals surface area (Å²) in [5, 5.41) is 1.67. The van der Waals surface area contributed by atoms with Crippen LogP contribution in [0.15, 0.2) is 82.3 Å². The molecule has 3 aromatic carbocycles. The first-order chi connectivity index (χ1) is 21.3. The molecule has 45 heavy (non-hydrogen) atoms. The number of para-hydroxylation sites is 1. The van der Waals surface area contributed by atoms with E-state index in [0.29, 0.717) is 48.5 Å². The van der Waals surface area contributed by atoms with Crippen molar-refractivity contribution in [1.29, 1.82) is 0 Å². The maximum atomic E-state index is 14.2. The van der Waals surface area contributed by atoms with Gasteiger partial charge in [-0.2, -0.15) is 0 Å². The van der Waals surface area contributed by atoms with Crippen LogP contribution in [-0.4, -0.2) is 53.8 Å². The topological polar surface area (TPSA) is 50.9 Å². The molecule has 0 spiro atoms. The van der Waals surface area contributed by atoms with Gasteiger partial charge in [0.05, 0.1) is 29.9 Å². The van der Waals surface area contributed by atoms with Gasteiger partial charge in [-0.3, -0.25) is 9.69 Å². The summed E-state index contributed by atoms with van der Waals surface area (Å²) in [6, 6.07) is 18.4. The Morgan fingerprint density at radius 2 is 1.67 bits per heavy atom. The predicted octanol–water partition coefficient (Wildman–Crippen LogP) is 7.82. The van der Waals surface area contributed by atoms with E-state index in [9.17, 15) is 13.6 Å². The summed E-state index contributed by atoms with van der Waals surface area (Å²) in [4.78, 5) is 17.7. The number of benzene rings is 3. The van der Waals surface area contributed by atoms with E-state index >= 15 is 0 Å². The minimum Gasteiger partial charge on any atom is -0.464 e. The Hall–Kier alpha value is -3.85. The number of alkyl halides is 2. The number of ether oxygens (including phenoxy) is 1. The molecule has 0 aliphatic rings. The van der Waals surface area contributed by atoms with Crippen LogP contribution in [0.5, 0.6) is 0 Å². The molecule has 2 aromatic heterocycles. The Morgan fingerprint density at radius 3 is 2.40 bits per heavy atom. The van der Waals surface area contributed by atoms with E-state index in [1.807, 2.05) is 81.9 Å². The lowest BCUT2D eigenvalue weighted by atomic mass is 10.1. The SMILES string of the molecule is Cc1cc2occ(CN(C)CC(COC(C)C)N(C)Cc3cn(-c4cccc(C(C)(F)F)c4)c4ccccc34)c(=O)c2cc1C. The average Bonchev–Trinajstić information content (AvgIpc) is 3.35. The van der Waals surface area contributed by atoms with Gasteiger partial charge in [-0.25, -0.2) is 8.78 Å². The van der Waals surface area contributed by atoms with E-state index in [2.05, 4.69) is 22.9 Å². The highest BCUT2D eigenvalue weighted by Gasteiger charge is 2.25. The molecule has 0 aliphatic carbocycles. The number of hydrogen-bond acceptors (Lipinski definition) is 5. The summed E-state index contributed by atoms with van der Waals surface area (Å²) >= 11 is 0. The van der Waals surface area contributed by atoms with Gasteiger partial charge in [-0.15, -0.1) is 0 Å². The van der Waals surface area contributed by atoms with Crippen LogP contribution < -0.4 is 5.43 Å². The highest BCUT2D eigenvalue weighted by atomic mass is 19.3. The Labute approximate surface area is 263 Å². The molecule has 0 radical (unpaired) electrons. The smallest absolute Gasteiger partial charge is 0.270 e. The zero-order valence-electron chi connectivity index (χ0n) is 27.2. The van der Waals surface area contributed by atoms with E-state index in [1.165, 1.54) is 6.07 Å². The lowest BCUT2D eigenvalue weighted by Crippen LogP contribution is -2.44. The normalized spacial score (nSPS) is 13.2. The van der Waals surface area contributed by atoms with Crippen LogP contribution in [0.1, 0.15) is 48.6 Å². The van der Waals surface area contributed by atoms with E-state index in [0.717, 1.165) is 34.5 Å². The van der Waals surface area contributed by atoms with Crippen molar-refractivity contribution in [3.05, 3.63) is 111 Å². The van der Waals surface area contributed by atoms with E-state index in [1.54, 1.807) is 18.4 Å². The second kappa shape index (κ2) is 13.3. The molecule has 0 amide bonds. The number of likely N-dealkylation sites (N-methyl/N-ethyl adjacent to an activating group) is 2. The van der Waals surface area contributed by atoms with Crippen LogP contribution in [0, 0.1) is 13.8 Å². The van der Waals surface area contributed by atoms with Crippen LogP contribution >= 0.6 is 0 Å². The Morgan fingerprint density at radius 1 is 0.933 bits per heavy atom. The van der Waals surface area contributed by atoms with Gasteiger partial charge in [0.15, 0.2) is 5.43 Å². The van der Waals surface area contributed by atoms with Gasteiger partial charge in [0, 0.05) is 61.0 Å². The molecule has 0 saturated carbocycles.